The molecule has 0 saturated carbocycles. The van der Waals surface area contributed by atoms with Crippen LogP contribution in [0.2, 0.25) is 0 Å². The molecule has 1 aromatic heterocycles. The molecule has 2 rings (SSSR count). The van der Waals surface area contributed by atoms with Crippen LogP contribution in [0.25, 0.3) is 5.69 Å². The van der Waals surface area contributed by atoms with Crippen molar-refractivity contribution in [2.75, 3.05) is 0 Å². The van der Waals surface area contributed by atoms with Gasteiger partial charge >= 0.3 is 0 Å². The molecule has 0 aliphatic carbocycles. The third-order valence-corrected chi connectivity index (χ3v) is 2.76. The molecule has 0 aliphatic heterocycles. The first-order valence-electron chi connectivity index (χ1n) is 4.72. The van der Waals surface area contributed by atoms with E-state index in [0.717, 1.165) is 15.9 Å². The number of hydrogen-bond donors (Lipinski definition) is 1. The predicted molar refractivity (Wildman–Crippen MR) is 63.9 cm³/mol. The number of rotatable bonds is 2. The minimum absolute atomic E-state index is 0.472. The van der Waals surface area contributed by atoms with E-state index in [0.29, 0.717) is 6.54 Å². The number of aromatic nitrogens is 2. The van der Waals surface area contributed by atoms with Gasteiger partial charge in [0.05, 0.1) is 11.4 Å². The summed E-state index contributed by atoms with van der Waals surface area (Å²) in [6, 6.07) is 8.05. The molecule has 2 aromatic rings. The van der Waals surface area contributed by atoms with Crippen molar-refractivity contribution < 1.29 is 0 Å². The second-order valence-electron chi connectivity index (χ2n) is 3.39. The van der Waals surface area contributed by atoms with E-state index in [1.165, 1.54) is 5.56 Å². The molecule has 0 spiro atoms. The molecule has 0 radical (unpaired) electrons. The van der Waals surface area contributed by atoms with Crippen LogP contribution < -0.4 is 5.73 Å². The van der Waals surface area contributed by atoms with E-state index in [2.05, 4.69) is 34.0 Å². The highest BCUT2D eigenvalue weighted by atomic mass is 79.9. The van der Waals surface area contributed by atoms with Gasteiger partial charge in [0.1, 0.15) is 0 Å². The maximum Gasteiger partial charge on any atom is 0.0764 e. The Morgan fingerprint density at radius 1 is 1.40 bits per heavy atom. The minimum Gasteiger partial charge on any atom is -0.325 e. The van der Waals surface area contributed by atoms with Crippen LogP contribution in [-0.4, -0.2) is 9.78 Å². The standard InChI is InChI=1S/C11H12BrN3/c1-8-2-3-9(12)6-11(8)15-5-4-10(7-13)14-15/h2-6H,7,13H2,1H3. The molecule has 0 fully saturated rings. The fourth-order valence-electron chi connectivity index (χ4n) is 1.43. The molecule has 3 nitrogen and oxygen atoms in total. The van der Waals surface area contributed by atoms with E-state index in [-0.39, 0.29) is 0 Å². The number of halogens is 1. The van der Waals surface area contributed by atoms with Crippen LogP contribution >= 0.6 is 15.9 Å². The highest BCUT2D eigenvalue weighted by molar-refractivity contribution is 9.10. The zero-order chi connectivity index (χ0) is 10.8. The van der Waals surface area contributed by atoms with Crippen LogP contribution in [0, 0.1) is 6.92 Å². The summed E-state index contributed by atoms with van der Waals surface area (Å²) in [7, 11) is 0. The maximum absolute atomic E-state index is 5.52. The Labute approximate surface area is 97.0 Å². The Kier molecular flexibility index (Phi) is 2.88. The highest BCUT2D eigenvalue weighted by Gasteiger charge is 2.03. The SMILES string of the molecule is Cc1ccc(Br)cc1-n1ccc(CN)n1. The molecule has 0 bridgehead atoms. The van der Waals surface area contributed by atoms with Crippen molar-refractivity contribution in [3.05, 3.63) is 46.2 Å². The quantitative estimate of drug-likeness (QED) is 0.907. The van der Waals surface area contributed by atoms with Gasteiger partial charge < -0.3 is 5.73 Å². The number of benzene rings is 1. The van der Waals surface area contributed by atoms with Crippen LogP contribution in [0.1, 0.15) is 11.3 Å². The fraction of sp³-hybridized carbons (Fsp3) is 0.182. The Bertz CT molecular complexity index is 476. The lowest BCUT2D eigenvalue weighted by Crippen LogP contribution is -2.01. The van der Waals surface area contributed by atoms with Crippen molar-refractivity contribution in [1.29, 1.82) is 0 Å². The fourth-order valence-corrected chi connectivity index (χ4v) is 1.78. The van der Waals surface area contributed by atoms with E-state index in [4.69, 9.17) is 5.73 Å². The van der Waals surface area contributed by atoms with Crippen LogP contribution in [0.4, 0.5) is 0 Å². The summed E-state index contributed by atoms with van der Waals surface area (Å²) in [6.07, 6.45) is 1.93. The lowest BCUT2D eigenvalue weighted by atomic mass is 10.2. The zero-order valence-electron chi connectivity index (χ0n) is 8.44. The Morgan fingerprint density at radius 2 is 2.20 bits per heavy atom. The van der Waals surface area contributed by atoms with Gasteiger partial charge in [0.2, 0.25) is 0 Å². The number of aryl methyl sites for hydroxylation is 1. The first kappa shape index (κ1) is 10.4. The molecular weight excluding hydrogens is 254 g/mol. The highest BCUT2D eigenvalue weighted by Crippen LogP contribution is 2.19. The summed E-state index contributed by atoms with van der Waals surface area (Å²) in [5, 5.41) is 4.37. The van der Waals surface area contributed by atoms with Crippen molar-refractivity contribution in [2.24, 2.45) is 5.73 Å². The van der Waals surface area contributed by atoms with Gasteiger partial charge in [-0.05, 0) is 30.7 Å². The molecule has 4 heteroatoms. The molecule has 78 valence electrons. The van der Waals surface area contributed by atoms with Gasteiger partial charge in [0, 0.05) is 17.2 Å². The van der Waals surface area contributed by atoms with Gasteiger partial charge in [-0.3, -0.25) is 0 Å². The summed E-state index contributed by atoms with van der Waals surface area (Å²) >= 11 is 3.45. The average Bonchev–Trinajstić information content (AvgIpc) is 2.70. The summed E-state index contributed by atoms with van der Waals surface area (Å²) in [6.45, 7) is 2.53. The average molecular weight is 266 g/mol. The maximum atomic E-state index is 5.52. The molecule has 0 amide bonds. The lowest BCUT2D eigenvalue weighted by molar-refractivity contribution is 0.828. The van der Waals surface area contributed by atoms with Gasteiger partial charge in [-0.25, -0.2) is 4.68 Å². The second kappa shape index (κ2) is 4.16. The number of nitrogens with two attached hydrogens (primary N) is 1. The monoisotopic (exact) mass is 265 g/mol. The molecule has 0 aliphatic rings. The van der Waals surface area contributed by atoms with E-state index in [1.54, 1.807) is 0 Å². The van der Waals surface area contributed by atoms with Crippen molar-refractivity contribution in [3.8, 4) is 5.69 Å². The molecule has 0 saturated heterocycles. The molecule has 0 atom stereocenters. The number of nitrogens with zero attached hydrogens (tertiary/aromatic N) is 2. The number of hydrogen-bond acceptors (Lipinski definition) is 2. The van der Waals surface area contributed by atoms with Crippen LogP contribution in [0.5, 0.6) is 0 Å². The van der Waals surface area contributed by atoms with Gasteiger partial charge in [-0.2, -0.15) is 5.10 Å². The second-order valence-corrected chi connectivity index (χ2v) is 4.30. The Hall–Kier alpha value is -1.13. The summed E-state index contributed by atoms with van der Waals surface area (Å²) in [5.74, 6) is 0. The predicted octanol–water partition coefficient (Wildman–Crippen LogP) is 2.40. The van der Waals surface area contributed by atoms with E-state index >= 15 is 0 Å². The van der Waals surface area contributed by atoms with E-state index in [9.17, 15) is 0 Å². The molecule has 0 unspecified atom stereocenters. The van der Waals surface area contributed by atoms with Crippen molar-refractivity contribution in [1.82, 2.24) is 9.78 Å². The molecule has 1 aromatic carbocycles. The topological polar surface area (TPSA) is 43.8 Å². The van der Waals surface area contributed by atoms with Gasteiger partial charge in [-0.15, -0.1) is 0 Å². The Morgan fingerprint density at radius 3 is 2.87 bits per heavy atom. The normalized spacial score (nSPS) is 10.6. The summed E-state index contributed by atoms with van der Waals surface area (Å²) < 4.78 is 2.90. The van der Waals surface area contributed by atoms with Gasteiger partial charge in [-0.1, -0.05) is 22.0 Å². The van der Waals surface area contributed by atoms with Crippen LogP contribution in [0.15, 0.2) is 34.9 Å². The molecule has 15 heavy (non-hydrogen) atoms. The minimum atomic E-state index is 0.472. The zero-order valence-corrected chi connectivity index (χ0v) is 10.0. The molecule has 1 heterocycles. The molecule has 2 N–H and O–H groups in total. The van der Waals surface area contributed by atoms with Crippen LogP contribution in [0.3, 0.4) is 0 Å². The summed E-state index contributed by atoms with van der Waals surface area (Å²) in [5.41, 5.74) is 8.68. The van der Waals surface area contributed by atoms with Crippen molar-refractivity contribution >= 4 is 15.9 Å². The van der Waals surface area contributed by atoms with Gasteiger partial charge in [0.25, 0.3) is 0 Å². The first-order valence-corrected chi connectivity index (χ1v) is 5.51. The first-order chi connectivity index (χ1) is 7.20. The largest absolute Gasteiger partial charge is 0.325 e. The third kappa shape index (κ3) is 2.11. The summed E-state index contributed by atoms with van der Waals surface area (Å²) in [4.78, 5) is 0. The molecular formula is C11H12BrN3. The van der Waals surface area contributed by atoms with Crippen molar-refractivity contribution in [2.45, 2.75) is 13.5 Å². The third-order valence-electron chi connectivity index (χ3n) is 2.27. The smallest absolute Gasteiger partial charge is 0.0764 e. The lowest BCUT2D eigenvalue weighted by Gasteiger charge is -2.06. The van der Waals surface area contributed by atoms with E-state index in [1.807, 2.05) is 29.1 Å². The van der Waals surface area contributed by atoms with Crippen LogP contribution in [-0.2, 0) is 6.54 Å². The van der Waals surface area contributed by atoms with E-state index < -0.39 is 0 Å². The van der Waals surface area contributed by atoms with Gasteiger partial charge in [0.15, 0.2) is 0 Å². The Balaban J connectivity index is 2.48. The van der Waals surface area contributed by atoms with Crippen molar-refractivity contribution in [3.63, 3.8) is 0 Å².